The number of esters is 2. The van der Waals surface area contributed by atoms with Gasteiger partial charge in [0.15, 0.2) is 0 Å². The van der Waals surface area contributed by atoms with Gasteiger partial charge in [0.1, 0.15) is 18.3 Å². The maximum atomic E-state index is 12.8. The van der Waals surface area contributed by atoms with Crippen molar-refractivity contribution in [2.45, 2.75) is 271 Å². The average Bonchev–Trinajstić information content (AvgIpc) is 3.04. The van der Waals surface area contributed by atoms with Crippen LogP contribution in [0.4, 0.5) is 0 Å². The smallest absolute Gasteiger partial charge is 0.306 e. The first kappa shape index (κ1) is 47.9. The maximum Gasteiger partial charge on any atom is 0.306 e. The average molecular weight is 722 g/mol. The van der Waals surface area contributed by atoms with Crippen LogP contribution in [0.1, 0.15) is 248 Å². The zero-order valence-electron chi connectivity index (χ0n) is 35.5. The highest BCUT2D eigenvalue weighted by atomic mass is 16.7. The van der Waals surface area contributed by atoms with Crippen molar-refractivity contribution in [1.82, 2.24) is 5.06 Å². The van der Waals surface area contributed by atoms with E-state index in [0.29, 0.717) is 25.7 Å². The van der Waals surface area contributed by atoms with Gasteiger partial charge in [-0.15, -0.1) is 0 Å². The van der Waals surface area contributed by atoms with Crippen LogP contribution in [-0.2, 0) is 23.9 Å². The predicted molar refractivity (Wildman–Crippen MR) is 216 cm³/mol. The first-order valence-corrected chi connectivity index (χ1v) is 22.2. The molecule has 0 bridgehead atoms. The largest absolute Gasteiger partial charge is 0.462 e. The number of carbonyl (C=O) groups is 2. The Balaban J connectivity index is 2.22. The Morgan fingerprint density at radius 3 is 1.20 bits per heavy atom. The second-order valence-electron chi connectivity index (χ2n) is 17.9. The number of nitrogens with zero attached hydrogens (tertiary/aromatic N) is 1. The van der Waals surface area contributed by atoms with Gasteiger partial charge < -0.3 is 9.47 Å². The second kappa shape index (κ2) is 28.3. The molecular weight excluding hydrogens is 634 g/mol. The zero-order chi connectivity index (χ0) is 37.9. The van der Waals surface area contributed by atoms with Crippen LogP contribution in [0.3, 0.4) is 0 Å². The van der Waals surface area contributed by atoms with Gasteiger partial charge in [0.2, 0.25) is 0 Å². The number of hydroxylamine groups is 2. The monoisotopic (exact) mass is 722 g/mol. The summed E-state index contributed by atoms with van der Waals surface area (Å²) in [6.45, 7) is 17.3. The molecule has 1 aliphatic heterocycles. The molecular formula is C45H87NO5. The molecule has 0 N–H and O–H groups in total. The maximum absolute atomic E-state index is 12.8. The summed E-state index contributed by atoms with van der Waals surface area (Å²) >= 11 is 0. The minimum Gasteiger partial charge on any atom is -0.462 e. The van der Waals surface area contributed by atoms with Crippen molar-refractivity contribution in [3.8, 4) is 0 Å². The van der Waals surface area contributed by atoms with Gasteiger partial charge in [-0.05, 0) is 54.4 Å². The van der Waals surface area contributed by atoms with Gasteiger partial charge in [-0.25, -0.2) is 0 Å². The van der Waals surface area contributed by atoms with Gasteiger partial charge in [0, 0.05) is 36.8 Å². The van der Waals surface area contributed by atoms with Crippen LogP contribution in [0, 0.1) is 0 Å². The van der Waals surface area contributed by atoms with Gasteiger partial charge in [0.25, 0.3) is 0 Å². The molecule has 0 spiro atoms. The van der Waals surface area contributed by atoms with E-state index < -0.39 is 5.60 Å². The van der Waals surface area contributed by atoms with E-state index in [4.69, 9.17) is 14.3 Å². The first-order chi connectivity index (χ1) is 24.3. The normalized spacial score (nSPS) is 16.4. The standard InChI is InChI=1S/C45H87NO5/c1-9-11-13-15-17-19-21-23-25-27-29-31-33-35-41(47)50-40-37-43(3,4)46(44(5,6)38-40)49-39-45(7,8)51-42(48)36-34-32-30-28-26-24-22-20-18-16-14-12-10-2/h40H,9-39H2,1-8H3. The molecule has 6 nitrogen and oxygen atoms in total. The van der Waals surface area contributed by atoms with Gasteiger partial charge in [-0.3, -0.25) is 14.4 Å². The third-order valence-corrected chi connectivity index (χ3v) is 10.8. The van der Waals surface area contributed by atoms with Gasteiger partial charge in [-0.2, -0.15) is 5.06 Å². The highest BCUT2D eigenvalue weighted by Gasteiger charge is 2.48. The van der Waals surface area contributed by atoms with E-state index in [0.717, 1.165) is 25.7 Å². The Labute approximate surface area is 317 Å². The van der Waals surface area contributed by atoms with E-state index in [2.05, 4.69) is 46.6 Å². The summed E-state index contributed by atoms with van der Waals surface area (Å²) in [5.41, 5.74) is -1.40. The van der Waals surface area contributed by atoms with Crippen molar-refractivity contribution >= 4 is 11.9 Å². The van der Waals surface area contributed by atoms with Crippen molar-refractivity contribution in [2.75, 3.05) is 6.61 Å². The quantitative estimate of drug-likeness (QED) is 0.0496. The lowest BCUT2D eigenvalue weighted by Crippen LogP contribution is -2.62. The Morgan fingerprint density at radius 1 is 0.529 bits per heavy atom. The molecule has 302 valence electrons. The molecule has 0 amide bonds. The van der Waals surface area contributed by atoms with Crippen LogP contribution in [0.25, 0.3) is 0 Å². The van der Waals surface area contributed by atoms with Crippen molar-refractivity contribution in [3.63, 3.8) is 0 Å². The first-order valence-electron chi connectivity index (χ1n) is 22.2. The van der Waals surface area contributed by atoms with E-state index in [1.807, 2.05) is 13.8 Å². The number of rotatable bonds is 33. The van der Waals surface area contributed by atoms with Crippen LogP contribution in [0.5, 0.6) is 0 Å². The van der Waals surface area contributed by atoms with Crippen molar-refractivity contribution in [1.29, 1.82) is 0 Å². The van der Waals surface area contributed by atoms with Crippen LogP contribution >= 0.6 is 0 Å². The van der Waals surface area contributed by atoms with Crippen molar-refractivity contribution < 1.29 is 23.9 Å². The molecule has 0 aromatic rings. The van der Waals surface area contributed by atoms with E-state index in [9.17, 15) is 9.59 Å². The molecule has 51 heavy (non-hydrogen) atoms. The summed E-state index contributed by atoms with van der Waals surface area (Å²) in [5.74, 6) is -0.208. The van der Waals surface area contributed by atoms with E-state index in [1.165, 1.54) is 141 Å². The van der Waals surface area contributed by atoms with Crippen molar-refractivity contribution in [2.24, 2.45) is 0 Å². The number of hydrogen-bond donors (Lipinski definition) is 0. The molecule has 6 heteroatoms. The molecule has 1 fully saturated rings. The Bertz CT molecular complexity index is 851. The summed E-state index contributed by atoms with van der Waals surface area (Å²) in [6, 6.07) is 0. The topological polar surface area (TPSA) is 65.1 Å². The summed E-state index contributed by atoms with van der Waals surface area (Å²) in [5, 5.41) is 2.05. The molecule has 0 saturated carbocycles. The Hall–Kier alpha value is -1.14. The van der Waals surface area contributed by atoms with Gasteiger partial charge in [0.05, 0.1) is 0 Å². The Morgan fingerprint density at radius 2 is 0.843 bits per heavy atom. The fourth-order valence-electron chi connectivity index (χ4n) is 8.03. The lowest BCUT2D eigenvalue weighted by molar-refractivity contribution is -0.307. The highest BCUT2D eigenvalue weighted by Crippen LogP contribution is 2.40. The van der Waals surface area contributed by atoms with Crippen LogP contribution in [0.15, 0.2) is 0 Å². The number of carbonyl (C=O) groups excluding carboxylic acids is 2. The lowest BCUT2D eigenvalue weighted by Gasteiger charge is -2.53. The number of ether oxygens (including phenoxy) is 2. The fraction of sp³-hybridized carbons (Fsp3) is 0.956. The molecule has 0 aromatic heterocycles. The predicted octanol–water partition coefficient (Wildman–Crippen LogP) is 13.8. The third kappa shape index (κ3) is 24.7. The molecule has 1 saturated heterocycles. The number of hydrogen-bond acceptors (Lipinski definition) is 6. The summed E-state index contributed by atoms with van der Waals surface area (Å²) in [7, 11) is 0. The summed E-state index contributed by atoms with van der Waals surface area (Å²) < 4.78 is 11.9. The van der Waals surface area contributed by atoms with E-state index in [1.54, 1.807) is 0 Å². The zero-order valence-corrected chi connectivity index (χ0v) is 35.5. The minimum absolute atomic E-state index is 0.0689. The third-order valence-electron chi connectivity index (χ3n) is 10.8. The SMILES string of the molecule is CCCCCCCCCCCCCCCC(=O)OC1CC(C)(C)N(OCC(C)(C)OC(=O)CCCCCCCCCCCCCCC)C(C)(C)C1. The lowest BCUT2D eigenvalue weighted by atomic mass is 9.80. The fourth-order valence-corrected chi connectivity index (χ4v) is 8.03. The molecule has 1 aliphatic rings. The highest BCUT2D eigenvalue weighted by molar-refractivity contribution is 5.70. The van der Waals surface area contributed by atoms with E-state index >= 15 is 0 Å². The second-order valence-corrected chi connectivity index (χ2v) is 17.9. The molecule has 1 rings (SSSR count). The van der Waals surface area contributed by atoms with Crippen LogP contribution < -0.4 is 0 Å². The molecule has 0 aliphatic carbocycles. The molecule has 0 radical (unpaired) electrons. The number of unbranched alkanes of at least 4 members (excludes halogenated alkanes) is 24. The minimum atomic E-state index is -0.725. The van der Waals surface area contributed by atoms with Crippen molar-refractivity contribution in [3.05, 3.63) is 0 Å². The molecule has 1 heterocycles. The van der Waals surface area contributed by atoms with Crippen LogP contribution in [-0.4, -0.2) is 46.4 Å². The van der Waals surface area contributed by atoms with Gasteiger partial charge in [-0.1, -0.05) is 168 Å². The van der Waals surface area contributed by atoms with Gasteiger partial charge >= 0.3 is 11.9 Å². The van der Waals surface area contributed by atoms with Crippen LogP contribution in [0.2, 0.25) is 0 Å². The summed E-state index contributed by atoms with van der Waals surface area (Å²) in [6.07, 6.45) is 35.9. The summed E-state index contributed by atoms with van der Waals surface area (Å²) in [4.78, 5) is 31.9. The molecule has 0 atom stereocenters. The Kier molecular flexibility index (Phi) is 26.6. The van der Waals surface area contributed by atoms with E-state index in [-0.39, 0.29) is 35.7 Å². The molecule has 0 aromatic carbocycles. The number of piperidine rings is 1. The molecule has 0 unspecified atom stereocenters.